The Morgan fingerprint density at radius 3 is 2.16 bits per heavy atom. The van der Waals surface area contributed by atoms with E-state index in [9.17, 15) is 14.4 Å². The van der Waals surface area contributed by atoms with E-state index in [0.29, 0.717) is 57.5 Å². The van der Waals surface area contributed by atoms with E-state index in [0.717, 1.165) is 38.5 Å². The Morgan fingerprint density at radius 1 is 0.900 bits per heavy atom. The van der Waals surface area contributed by atoms with Gasteiger partial charge in [0.2, 0.25) is 12.2 Å². The molecule has 2 aromatic rings. The van der Waals surface area contributed by atoms with E-state index in [1.807, 2.05) is 7.05 Å². The second kappa shape index (κ2) is 23.7. The number of amides is 2. The number of aromatic nitrogens is 4. The van der Waals surface area contributed by atoms with Crippen LogP contribution in [0.1, 0.15) is 77.4 Å². The lowest BCUT2D eigenvalue weighted by Crippen LogP contribution is -2.39. The Hall–Kier alpha value is -4.55. The van der Waals surface area contributed by atoms with Crippen LogP contribution in [0.15, 0.2) is 90.4 Å². The maximum absolute atomic E-state index is 12.6. The predicted molar refractivity (Wildman–Crippen MR) is 198 cm³/mol. The van der Waals surface area contributed by atoms with Crippen LogP contribution < -0.4 is 10.9 Å². The first-order valence-corrected chi connectivity index (χ1v) is 17.7. The van der Waals surface area contributed by atoms with Crippen molar-refractivity contribution in [3.8, 4) is 0 Å². The summed E-state index contributed by atoms with van der Waals surface area (Å²) < 4.78 is 13.1. The number of hydrogen-bond acceptors (Lipinski definition) is 8. The van der Waals surface area contributed by atoms with Crippen molar-refractivity contribution in [1.82, 2.24) is 34.6 Å². The number of likely N-dealkylation sites (N-methyl/N-ethyl adjacent to an activating group) is 2. The van der Waals surface area contributed by atoms with Gasteiger partial charge < -0.3 is 29.6 Å². The van der Waals surface area contributed by atoms with E-state index >= 15 is 0 Å². The smallest absolute Gasteiger partial charge is 0.411 e. The van der Waals surface area contributed by atoms with Crippen LogP contribution in [-0.4, -0.2) is 87.9 Å². The van der Waals surface area contributed by atoms with Gasteiger partial charge in [-0.2, -0.15) is 0 Å². The van der Waals surface area contributed by atoms with Crippen molar-refractivity contribution in [3.63, 3.8) is 0 Å². The number of rotatable bonds is 22. The first kappa shape index (κ1) is 39.9. The first-order valence-electron chi connectivity index (χ1n) is 17.7. The van der Waals surface area contributed by atoms with Crippen molar-refractivity contribution in [2.24, 2.45) is 0 Å². The third-order valence-corrected chi connectivity index (χ3v) is 7.94. The number of allylic oxidation sites excluding steroid dienone is 12. The zero-order valence-corrected chi connectivity index (χ0v) is 29.9. The SMILES string of the molecule is CC/C=C\C/C=C\C/C=C\C/C=C\C/C=C\C/C=C\CCC(=O)NCCN(C)CCN(C)C(=O)O[C@H]1CC[C@H](n2cnc3c(=O)[nH]cnc32)O1. The van der Waals surface area contributed by atoms with Gasteiger partial charge in [-0.1, -0.05) is 79.8 Å². The summed E-state index contributed by atoms with van der Waals surface area (Å²) in [7, 11) is 3.63. The third-order valence-electron chi connectivity index (χ3n) is 7.94. The van der Waals surface area contributed by atoms with Crippen molar-refractivity contribution in [3.05, 3.63) is 95.9 Å². The Morgan fingerprint density at radius 2 is 1.52 bits per heavy atom. The van der Waals surface area contributed by atoms with E-state index < -0.39 is 18.6 Å². The summed E-state index contributed by atoms with van der Waals surface area (Å²) in [5.74, 6) is 0.0276. The van der Waals surface area contributed by atoms with E-state index in [4.69, 9.17) is 9.47 Å². The molecule has 0 spiro atoms. The van der Waals surface area contributed by atoms with Crippen molar-refractivity contribution in [2.75, 3.05) is 40.3 Å². The molecule has 0 radical (unpaired) electrons. The molecule has 0 bridgehead atoms. The summed E-state index contributed by atoms with van der Waals surface area (Å²) in [4.78, 5) is 51.1. The summed E-state index contributed by atoms with van der Waals surface area (Å²) in [6.45, 7) is 4.43. The number of carbonyl (C=O) groups is 2. The van der Waals surface area contributed by atoms with Crippen LogP contribution in [0.2, 0.25) is 0 Å². The third kappa shape index (κ3) is 15.3. The lowest BCUT2D eigenvalue weighted by Gasteiger charge is -2.23. The van der Waals surface area contributed by atoms with Gasteiger partial charge in [0.15, 0.2) is 11.2 Å². The second-order valence-corrected chi connectivity index (χ2v) is 12.1. The van der Waals surface area contributed by atoms with Gasteiger partial charge in [-0.25, -0.2) is 14.8 Å². The number of aromatic amines is 1. The summed E-state index contributed by atoms with van der Waals surface area (Å²) >= 11 is 0. The zero-order chi connectivity index (χ0) is 35.8. The molecule has 0 unspecified atom stereocenters. The van der Waals surface area contributed by atoms with Crippen LogP contribution in [0, 0.1) is 0 Å². The molecular formula is C38H55N7O5. The molecule has 1 saturated heterocycles. The molecule has 1 fully saturated rings. The number of carbonyl (C=O) groups excluding carboxylic acids is 2. The number of nitrogens with one attached hydrogen (secondary N) is 2. The van der Waals surface area contributed by atoms with Crippen LogP contribution in [0.4, 0.5) is 4.79 Å². The normalized spacial score (nSPS) is 17.0. The number of ether oxygens (including phenoxy) is 2. The number of nitrogens with zero attached hydrogens (tertiary/aromatic N) is 5. The first-order chi connectivity index (χ1) is 24.4. The standard InChI is InChI=1S/C38H55N7O5/c1-4-5-6-7-8-9-10-11-12-13-14-15-16-17-18-19-20-21-22-23-32(46)39-26-27-43(2)28-29-44(3)38(48)50-34-25-24-33(49-34)45-31-42-35-36(45)40-30-41-37(35)47/h5-6,8-9,11-12,14-15,17-18,20-21,30-31,33-34H,4,7,10,13,16,19,22-29H2,1-3H3,(H,39,46)(H,40,41,47)/b6-5-,9-8-,12-11-,15-14-,18-17-,21-20-/t33-,34+/m1/s1. The maximum Gasteiger partial charge on any atom is 0.411 e. The van der Waals surface area contributed by atoms with Gasteiger partial charge in [-0.3, -0.25) is 14.2 Å². The monoisotopic (exact) mass is 689 g/mol. The van der Waals surface area contributed by atoms with Crippen LogP contribution in [0.3, 0.4) is 0 Å². The highest BCUT2D eigenvalue weighted by atomic mass is 16.7. The molecule has 50 heavy (non-hydrogen) atoms. The number of imidazole rings is 1. The Labute approximate surface area is 296 Å². The van der Waals surface area contributed by atoms with Gasteiger partial charge in [0, 0.05) is 46.1 Å². The van der Waals surface area contributed by atoms with E-state index in [-0.39, 0.29) is 17.0 Å². The Kier molecular flexibility index (Phi) is 18.9. The van der Waals surface area contributed by atoms with Crippen LogP contribution in [0.5, 0.6) is 0 Å². The van der Waals surface area contributed by atoms with Crippen LogP contribution in [-0.2, 0) is 14.3 Å². The summed E-state index contributed by atoms with van der Waals surface area (Å²) in [5, 5.41) is 2.96. The zero-order valence-electron chi connectivity index (χ0n) is 29.9. The molecule has 3 heterocycles. The highest BCUT2D eigenvalue weighted by molar-refractivity contribution is 5.76. The lowest BCUT2D eigenvalue weighted by atomic mass is 10.2. The van der Waals surface area contributed by atoms with Gasteiger partial charge >= 0.3 is 6.09 Å². The average molecular weight is 690 g/mol. The Bertz CT molecular complexity index is 1540. The molecule has 2 atom stereocenters. The largest absolute Gasteiger partial charge is 0.419 e. The molecule has 1 aliphatic rings. The number of H-pyrrole nitrogens is 1. The van der Waals surface area contributed by atoms with Crippen molar-refractivity contribution in [2.45, 2.75) is 83.6 Å². The number of fused-ring (bicyclic) bond motifs is 1. The van der Waals surface area contributed by atoms with Crippen molar-refractivity contribution >= 4 is 23.2 Å². The molecule has 272 valence electrons. The molecule has 0 saturated carbocycles. The van der Waals surface area contributed by atoms with E-state index in [1.165, 1.54) is 17.6 Å². The molecule has 12 nitrogen and oxygen atoms in total. The van der Waals surface area contributed by atoms with Gasteiger partial charge in [0.1, 0.15) is 6.23 Å². The van der Waals surface area contributed by atoms with E-state index in [2.05, 4.69) is 105 Å². The number of hydrogen-bond donors (Lipinski definition) is 2. The highest BCUT2D eigenvalue weighted by Gasteiger charge is 2.31. The fourth-order valence-corrected chi connectivity index (χ4v) is 5.01. The highest BCUT2D eigenvalue weighted by Crippen LogP contribution is 2.30. The molecule has 12 heteroatoms. The summed E-state index contributed by atoms with van der Waals surface area (Å²) in [5.41, 5.74) is 0.341. The molecule has 2 aromatic heterocycles. The Balaban J connectivity index is 1.16. The van der Waals surface area contributed by atoms with Gasteiger partial charge in [0.05, 0.1) is 12.7 Å². The summed E-state index contributed by atoms with van der Waals surface area (Å²) in [6, 6.07) is 0. The fraction of sp³-hybridized carbons (Fsp3) is 0.500. The minimum Gasteiger partial charge on any atom is -0.419 e. The van der Waals surface area contributed by atoms with Crippen LogP contribution in [0.25, 0.3) is 11.2 Å². The molecule has 2 N–H and O–H groups in total. The van der Waals surface area contributed by atoms with Gasteiger partial charge in [-0.15, -0.1) is 0 Å². The van der Waals surface area contributed by atoms with Crippen molar-refractivity contribution < 1.29 is 19.1 Å². The molecule has 0 aromatic carbocycles. The van der Waals surface area contributed by atoms with Gasteiger partial charge in [-0.05, 0) is 58.4 Å². The lowest BCUT2D eigenvalue weighted by molar-refractivity contribution is -0.121. The molecule has 2 amide bonds. The van der Waals surface area contributed by atoms with E-state index in [1.54, 1.807) is 11.6 Å². The van der Waals surface area contributed by atoms with Crippen molar-refractivity contribution in [1.29, 1.82) is 0 Å². The summed E-state index contributed by atoms with van der Waals surface area (Å²) in [6.07, 6.45) is 35.4. The fourth-order valence-electron chi connectivity index (χ4n) is 5.01. The average Bonchev–Trinajstić information content (AvgIpc) is 3.76. The molecule has 1 aliphatic heterocycles. The minimum absolute atomic E-state index is 0.0276. The topological polar surface area (TPSA) is 135 Å². The predicted octanol–water partition coefficient (Wildman–Crippen LogP) is 6.35. The quantitative estimate of drug-likeness (QED) is 0.137. The second-order valence-electron chi connectivity index (χ2n) is 12.1. The molecule has 0 aliphatic carbocycles. The molecule has 3 rings (SSSR count). The van der Waals surface area contributed by atoms with Crippen LogP contribution >= 0.6 is 0 Å². The minimum atomic E-state index is -0.699. The van der Waals surface area contributed by atoms with Gasteiger partial charge in [0.25, 0.3) is 5.56 Å². The molecular weight excluding hydrogens is 634 g/mol. The maximum atomic E-state index is 12.6.